The van der Waals surface area contributed by atoms with E-state index in [1.54, 1.807) is 12.1 Å². The highest BCUT2D eigenvalue weighted by atomic mass is 32.2. The molecular formula is C15H14FNO4S. The Bertz CT molecular complexity index is 818. The van der Waals surface area contributed by atoms with E-state index in [0.717, 1.165) is 12.1 Å². The summed E-state index contributed by atoms with van der Waals surface area (Å²) < 4.78 is 42.8. The minimum Gasteiger partial charge on any atom is -0.377 e. The molecule has 0 bridgehead atoms. The number of hydrogen-bond donors (Lipinski definition) is 1. The maximum absolute atomic E-state index is 13.2. The van der Waals surface area contributed by atoms with Crippen LogP contribution in [0, 0.1) is 12.7 Å². The zero-order valence-electron chi connectivity index (χ0n) is 12.0. The highest BCUT2D eigenvalue weighted by molar-refractivity contribution is 7.87. The topological polar surface area (TPSA) is 72.5 Å². The lowest BCUT2D eigenvalue weighted by Gasteiger charge is -2.12. The van der Waals surface area contributed by atoms with Gasteiger partial charge in [0.2, 0.25) is 5.91 Å². The lowest BCUT2D eigenvalue weighted by Crippen LogP contribution is -2.13. The quantitative estimate of drug-likeness (QED) is 0.878. The third-order valence-corrected chi connectivity index (χ3v) is 4.05. The Morgan fingerprint density at radius 1 is 1.18 bits per heavy atom. The summed E-state index contributed by atoms with van der Waals surface area (Å²) in [6, 6.07) is 9.51. The molecule has 0 fully saturated rings. The molecule has 0 aliphatic heterocycles. The van der Waals surface area contributed by atoms with Crippen molar-refractivity contribution >= 4 is 21.7 Å². The molecule has 1 N–H and O–H groups in total. The minimum absolute atomic E-state index is 0.0142. The van der Waals surface area contributed by atoms with Crippen molar-refractivity contribution < 1.29 is 21.8 Å². The van der Waals surface area contributed by atoms with Gasteiger partial charge in [0.25, 0.3) is 0 Å². The van der Waals surface area contributed by atoms with E-state index in [9.17, 15) is 17.6 Å². The standard InChI is InChI=1S/C15H14FNO4S/c1-10-9-12(7-8-13(10)16)22(19,20)21-15-6-4-3-5-14(15)17-11(2)18/h3-9H,1-2H3,(H,17,18). The lowest BCUT2D eigenvalue weighted by molar-refractivity contribution is -0.114. The van der Waals surface area contributed by atoms with Gasteiger partial charge in [-0.2, -0.15) is 8.42 Å². The Morgan fingerprint density at radius 2 is 1.86 bits per heavy atom. The van der Waals surface area contributed by atoms with Crippen LogP contribution in [0.3, 0.4) is 0 Å². The minimum atomic E-state index is -4.13. The number of carbonyl (C=O) groups is 1. The Morgan fingerprint density at radius 3 is 2.50 bits per heavy atom. The maximum atomic E-state index is 13.2. The van der Waals surface area contributed by atoms with Crippen molar-refractivity contribution in [1.82, 2.24) is 0 Å². The smallest absolute Gasteiger partial charge is 0.339 e. The van der Waals surface area contributed by atoms with Gasteiger partial charge in [0.1, 0.15) is 10.7 Å². The second kappa shape index (κ2) is 6.15. The number of hydrogen-bond acceptors (Lipinski definition) is 4. The van der Waals surface area contributed by atoms with Crippen LogP contribution in [0.15, 0.2) is 47.4 Å². The first-order chi connectivity index (χ1) is 10.3. The molecule has 0 saturated carbocycles. The zero-order valence-corrected chi connectivity index (χ0v) is 12.8. The number of halogens is 1. The van der Waals surface area contributed by atoms with Gasteiger partial charge >= 0.3 is 10.1 Å². The highest BCUT2D eigenvalue weighted by Gasteiger charge is 2.19. The van der Waals surface area contributed by atoms with Crippen molar-refractivity contribution in [1.29, 1.82) is 0 Å². The summed E-state index contributed by atoms with van der Waals surface area (Å²) >= 11 is 0. The van der Waals surface area contributed by atoms with Crippen LogP contribution in [0.1, 0.15) is 12.5 Å². The number of aryl methyl sites for hydroxylation is 1. The number of nitrogens with one attached hydrogen (secondary N) is 1. The largest absolute Gasteiger partial charge is 0.377 e. The van der Waals surface area contributed by atoms with E-state index in [1.807, 2.05) is 0 Å². The second-order valence-electron chi connectivity index (χ2n) is 4.63. The number of benzene rings is 2. The summed E-state index contributed by atoms with van der Waals surface area (Å²) in [6.45, 7) is 2.76. The van der Waals surface area contributed by atoms with Crippen LogP contribution in [0.25, 0.3) is 0 Å². The molecule has 0 radical (unpaired) electrons. The summed E-state index contributed by atoms with van der Waals surface area (Å²) in [5, 5.41) is 2.48. The predicted octanol–water partition coefficient (Wildman–Crippen LogP) is 2.86. The van der Waals surface area contributed by atoms with Crippen LogP contribution >= 0.6 is 0 Å². The molecule has 2 aromatic carbocycles. The fourth-order valence-electron chi connectivity index (χ4n) is 1.77. The van der Waals surface area contributed by atoms with E-state index in [-0.39, 0.29) is 27.8 Å². The molecular weight excluding hydrogens is 309 g/mol. The van der Waals surface area contributed by atoms with Crippen LogP contribution in [0.4, 0.5) is 10.1 Å². The molecule has 22 heavy (non-hydrogen) atoms. The lowest BCUT2D eigenvalue weighted by atomic mass is 10.2. The van der Waals surface area contributed by atoms with Gasteiger partial charge in [0.05, 0.1) is 5.69 Å². The average Bonchev–Trinajstić information content (AvgIpc) is 2.43. The van der Waals surface area contributed by atoms with Crippen molar-refractivity contribution in [3.63, 3.8) is 0 Å². The van der Waals surface area contributed by atoms with Crippen molar-refractivity contribution in [2.24, 2.45) is 0 Å². The Hall–Kier alpha value is -2.41. The summed E-state index contributed by atoms with van der Waals surface area (Å²) in [5.74, 6) is -0.872. The maximum Gasteiger partial charge on any atom is 0.339 e. The van der Waals surface area contributed by atoms with Crippen LogP contribution < -0.4 is 9.50 Å². The van der Waals surface area contributed by atoms with Gasteiger partial charge in [0, 0.05) is 6.92 Å². The number of anilines is 1. The highest BCUT2D eigenvalue weighted by Crippen LogP contribution is 2.27. The summed E-state index contributed by atoms with van der Waals surface area (Å²) in [6.07, 6.45) is 0. The fourth-order valence-corrected chi connectivity index (χ4v) is 2.80. The summed E-state index contributed by atoms with van der Waals surface area (Å²) in [4.78, 5) is 11.0. The van der Waals surface area contributed by atoms with E-state index >= 15 is 0 Å². The Labute approximate surface area is 127 Å². The molecule has 0 unspecified atom stereocenters. The average molecular weight is 323 g/mol. The molecule has 5 nitrogen and oxygen atoms in total. The first kappa shape index (κ1) is 16.0. The molecule has 2 aromatic rings. The van der Waals surface area contributed by atoms with E-state index in [1.165, 1.54) is 32.0 Å². The summed E-state index contributed by atoms with van der Waals surface area (Å²) in [5.41, 5.74) is 0.428. The van der Waals surface area contributed by atoms with Gasteiger partial charge in [0.15, 0.2) is 5.75 Å². The molecule has 0 aliphatic carbocycles. The van der Waals surface area contributed by atoms with Crippen molar-refractivity contribution in [3.05, 3.63) is 53.8 Å². The van der Waals surface area contributed by atoms with Crippen molar-refractivity contribution in [3.8, 4) is 5.75 Å². The van der Waals surface area contributed by atoms with Crippen molar-refractivity contribution in [2.45, 2.75) is 18.7 Å². The molecule has 0 spiro atoms. The fraction of sp³-hybridized carbons (Fsp3) is 0.133. The van der Waals surface area contributed by atoms with E-state index < -0.39 is 15.9 Å². The van der Waals surface area contributed by atoms with Gasteiger partial charge in [-0.3, -0.25) is 4.79 Å². The van der Waals surface area contributed by atoms with Gasteiger partial charge in [-0.1, -0.05) is 12.1 Å². The molecule has 7 heteroatoms. The number of carbonyl (C=O) groups excluding carboxylic acids is 1. The Balaban J connectivity index is 2.36. The molecule has 0 heterocycles. The molecule has 0 atom stereocenters. The van der Waals surface area contributed by atoms with Crippen molar-refractivity contribution in [2.75, 3.05) is 5.32 Å². The summed E-state index contributed by atoms with van der Waals surface area (Å²) in [7, 11) is -4.13. The second-order valence-corrected chi connectivity index (χ2v) is 6.17. The van der Waals surface area contributed by atoms with Gasteiger partial charge in [-0.15, -0.1) is 0 Å². The third-order valence-electron chi connectivity index (χ3n) is 2.82. The van der Waals surface area contributed by atoms with Crippen LogP contribution in [-0.4, -0.2) is 14.3 Å². The molecule has 0 saturated heterocycles. The number of para-hydroxylation sites is 2. The predicted molar refractivity (Wildman–Crippen MR) is 79.7 cm³/mol. The Kier molecular flexibility index (Phi) is 4.46. The van der Waals surface area contributed by atoms with Gasteiger partial charge in [-0.05, 0) is 42.8 Å². The first-order valence-electron chi connectivity index (χ1n) is 6.37. The monoisotopic (exact) mass is 323 g/mol. The zero-order chi connectivity index (χ0) is 16.3. The molecule has 0 aromatic heterocycles. The van der Waals surface area contributed by atoms with E-state index in [0.29, 0.717) is 0 Å². The first-order valence-corrected chi connectivity index (χ1v) is 7.77. The van der Waals surface area contributed by atoms with Gasteiger partial charge in [-0.25, -0.2) is 4.39 Å². The number of rotatable bonds is 4. The van der Waals surface area contributed by atoms with Crippen LogP contribution in [0.2, 0.25) is 0 Å². The third kappa shape index (κ3) is 3.62. The van der Waals surface area contributed by atoms with Crippen LogP contribution in [0.5, 0.6) is 5.75 Å². The van der Waals surface area contributed by atoms with E-state index in [2.05, 4.69) is 5.32 Å². The SMILES string of the molecule is CC(=O)Nc1ccccc1OS(=O)(=O)c1ccc(F)c(C)c1. The normalized spacial score (nSPS) is 11.0. The molecule has 1 amide bonds. The van der Waals surface area contributed by atoms with Crippen LogP contribution in [-0.2, 0) is 14.9 Å². The van der Waals surface area contributed by atoms with Gasteiger partial charge < -0.3 is 9.50 Å². The number of amides is 1. The molecule has 116 valence electrons. The van der Waals surface area contributed by atoms with E-state index in [4.69, 9.17) is 4.18 Å². The molecule has 2 rings (SSSR count). The molecule has 0 aliphatic rings.